The number of nitrogens with zero attached hydrogens (tertiary/aromatic N) is 1. The zero-order chi connectivity index (χ0) is 13.1. The molecule has 4 nitrogen and oxygen atoms in total. The van der Waals surface area contributed by atoms with Gasteiger partial charge in [-0.15, -0.1) is 24.8 Å². The van der Waals surface area contributed by atoms with Crippen LogP contribution in [0.2, 0.25) is 5.02 Å². The van der Waals surface area contributed by atoms with Crippen LogP contribution in [0, 0.1) is 0 Å². The van der Waals surface area contributed by atoms with E-state index in [-0.39, 0.29) is 36.6 Å². The van der Waals surface area contributed by atoms with E-state index >= 15 is 0 Å². The van der Waals surface area contributed by atoms with Crippen molar-refractivity contribution >= 4 is 36.4 Å². The van der Waals surface area contributed by atoms with Crippen molar-refractivity contribution in [1.29, 1.82) is 0 Å². The van der Waals surface area contributed by atoms with E-state index in [4.69, 9.17) is 16.3 Å². The summed E-state index contributed by atoms with van der Waals surface area (Å²) in [6.07, 6.45) is 0. The van der Waals surface area contributed by atoms with Gasteiger partial charge in [0, 0.05) is 32.2 Å². The Balaban J connectivity index is 0.00000180. The quantitative estimate of drug-likeness (QED) is 0.886. The van der Waals surface area contributed by atoms with Gasteiger partial charge in [-0.3, -0.25) is 4.90 Å². The van der Waals surface area contributed by atoms with Gasteiger partial charge in [-0.2, -0.15) is 0 Å². The number of halogens is 3. The number of hydrogen-bond donors (Lipinski definition) is 2. The lowest BCUT2D eigenvalue weighted by Crippen LogP contribution is -2.44. The number of nitrogens with one attached hydrogen (secondary N) is 1. The average Bonchev–Trinajstić information content (AvgIpc) is 2.42. The molecule has 1 aromatic rings. The number of rotatable bonds is 3. The number of aromatic hydroxyl groups is 1. The van der Waals surface area contributed by atoms with Crippen molar-refractivity contribution in [3.8, 4) is 11.5 Å². The fraction of sp³-hybridized carbons (Fsp3) is 0.538. The van der Waals surface area contributed by atoms with Gasteiger partial charge in [0.1, 0.15) is 0 Å². The Morgan fingerprint density at radius 1 is 1.30 bits per heavy atom. The standard InChI is InChI=1S/C13H19ClN2O2.2ClH/c1-9(16-5-3-15-4-6-16)10-7-11(14)13(17)12(8-10)18-2;;/h7-9,15,17H,3-6H2,1-2H3;2*1H/t9-;;/m0../s1. The minimum absolute atomic E-state index is 0. The van der Waals surface area contributed by atoms with E-state index in [1.54, 1.807) is 0 Å². The summed E-state index contributed by atoms with van der Waals surface area (Å²) in [7, 11) is 1.53. The fourth-order valence-corrected chi connectivity index (χ4v) is 2.49. The number of phenolic OH excluding ortho intramolecular Hbond substituents is 1. The van der Waals surface area contributed by atoms with E-state index in [1.807, 2.05) is 12.1 Å². The van der Waals surface area contributed by atoms with Crippen molar-refractivity contribution in [3.63, 3.8) is 0 Å². The summed E-state index contributed by atoms with van der Waals surface area (Å²) in [6, 6.07) is 3.93. The van der Waals surface area contributed by atoms with Gasteiger partial charge in [0.25, 0.3) is 0 Å². The molecule has 1 fully saturated rings. The molecule has 1 heterocycles. The molecular weight excluding hydrogens is 323 g/mol. The van der Waals surface area contributed by atoms with E-state index in [1.165, 1.54) is 7.11 Å². The highest BCUT2D eigenvalue weighted by Crippen LogP contribution is 2.37. The summed E-state index contributed by atoms with van der Waals surface area (Å²) >= 11 is 6.02. The summed E-state index contributed by atoms with van der Waals surface area (Å²) in [5.74, 6) is 0.440. The summed E-state index contributed by atoms with van der Waals surface area (Å²) in [5.41, 5.74) is 1.07. The largest absolute Gasteiger partial charge is 0.503 e. The molecule has 0 aliphatic carbocycles. The molecule has 1 saturated heterocycles. The minimum atomic E-state index is 0. The van der Waals surface area contributed by atoms with E-state index in [0.717, 1.165) is 31.7 Å². The molecule has 0 spiro atoms. The summed E-state index contributed by atoms with van der Waals surface area (Å²) in [4.78, 5) is 2.39. The van der Waals surface area contributed by atoms with Crippen molar-refractivity contribution in [3.05, 3.63) is 22.7 Å². The molecule has 0 unspecified atom stereocenters. The number of benzene rings is 1. The van der Waals surface area contributed by atoms with Gasteiger partial charge in [0.15, 0.2) is 11.5 Å². The monoisotopic (exact) mass is 342 g/mol. The van der Waals surface area contributed by atoms with Crippen LogP contribution >= 0.6 is 36.4 Å². The summed E-state index contributed by atoms with van der Waals surface area (Å²) in [5, 5.41) is 13.4. The molecule has 1 aliphatic rings. The molecule has 116 valence electrons. The number of piperazine rings is 1. The van der Waals surface area contributed by atoms with Crippen LogP contribution in [-0.2, 0) is 0 Å². The molecule has 7 heteroatoms. The number of phenols is 1. The Bertz CT molecular complexity index is 426. The third-order valence-corrected chi connectivity index (χ3v) is 3.74. The second kappa shape index (κ2) is 8.80. The molecule has 20 heavy (non-hydrogen) atoms. The molecule has 2 N–H and O–H groups in total. The predicted octanol–water partition coefficient (Wildman–Crippen LogP) is 2.86. The number of hydrogen-bond acceptors (Lipinski definition) is 4. The first-order valence-electron chi connectivity index (χ1n) is 6.14. The highest BCUT2D eigenvalue weighted by molar-refractivity contribution is 6.32. The maximum absolute atomic E-state index is 9.73. The Kier molecular flexibility index (Phi) is 8.63. The van der Waals surface area contributed by atoms with Gasteiger partial charge in [-0.1, -0.05) is 11.6 Å². The maximum atomic E-state index is 9.73. The van der Waals surface area contributed by atoms with Crippen molar-refractivity contribution in [1.82, 2.24) is 10.2 Å². The van der Waals surface area contributed by atoms with Crippen LogP contribution in [0.3, 0.4) is 0 Å². The fourth-order valence-electron chi connectivity index (χ4n) is 2.27. The minimum Gasteiger partial charge on any atom is -0.503 e. The second-order valence-electron chi connectivity index (χ2n) is 4.52. The number of methoxy groups -OCH3 is 1. The van der Waals surface area contributed by atoms with Gasteiger partial charge in [0.2, 0.25) is 0 Å². The van der Waals surface area contributed by atoms with Gasteiger partial charge in [0.05, 0.1) is 12.1 Å². The molecule has 0 bridgehead atoms. The third-order valence-electron chi connectivity index (χ3n) is 3.45. The molecule has 0 radical (unpaired) electrons. The van der Waals surface area contributed by atoms with Crippen molar-refractivity contribution < 1.29 is 9.84 Å². The molecule has 1 aliphatic heterocycles. The first kappa shape index (κ1) is 19.6. The summed E-state index contributed by atoms with van der Waals surface area (Å²) < 4.78 is 5.14. The SMILES string of the molecule is COc1cc([C@H](C)N2CCNCC2)cc(Cl)c1O.Cl.Cl. The maximum Gasteiger partial charge on any atom is 0.176 e. The van der Waals surface area contributed by atoms with Crippen LogP contribution in [0.4, 0.5) is 0 Å². The van der Waals surface area contributed by atoms with Crippen LogP contribution in [0.15, 0.2) is 12.1 Å². The van der Waals surface area contributed by atoms with Gasteiger partial charge >= 0.3 is 0 Å². The lowest BCUT2D eigenvalue weighted by Gasteiger charge is -2.33. The molecule has 1 aromatic carbocycles. The lowest BCUT2D eigenvalue weighted by atomic mass is 10.1. The lowest BCUT2D eigenvalue weighted by molar-refractivity contribution is 0.185. The molecule has 0 amide bonds. The van der Waals surface area contributed by atoms with Gasteiger partial charge in [-0.05, 0) is 24.6 Å². The van der Waals surface area contributed by atoms with Crippen molar-refractivity contribution in [2.24, 2.45) is 0 Å². The Labute approximate surface area is 137 Å². The smallest absolute Gasteiger partial charge is 0.176 e. The molecule has 0 aromatic heterocycles. The predicted molar refractivity (Wildman–Crippen MR) is 87.0 cm³/mol. The first-order chi connectivity index (χ1) is 8.63. The number of ether oxygens (including phenoxy) is 1. The third kappa shape index (κ3) is 4.30. The summed E-state index contributed by atoms with van der Waals surface area (Å²) in [6.45, 7) is 6.19. The zero-order valence-corrected chi connectivity index (χ0v) is 13.9. The first-order valence-corrected chi connectivity index (χ1v) is 6.52. The van der Waals surface area contributed by atoms with Crippen molar-refractivity contribution in [2.45, 2.75) is 13.0 Å². The molecule has 2 rings (SSSR count). The molecule has 0 saturated carbocycles. The molecule has 1 atom stereocenters. The van der Waals surface area contributed by atoms with Crippen LogP contribution < -0.4 is 10.1 Å². The Morgan fingerprint density at radius 2 is 1.90 bits per heavy atom. The highest BCUT2D eigenvalue weighted by atomic mass is 35.5. The topological polar surface area (TPSA) is 44.7 Å². The zero-order valence-electron chi connectivity index (χ0n) is 11.6. The van der Waals surface area contributed by atoms with Crippen molar-refractivity contribution in [2.75, 3.05) is 33.3 Å². The Morgan fingerprint density at radius 3 is 2.45 bits per heavy atom. The second-order valence-corrected chi connectivity index (χ2v) is 4.92. The molecular formula is C13H21Cl3N2O2. The van der Waals surface area contributed by atoms with E-state index < -0.39 is 0 Å². The normalized spacial score (nSPS) is 16.8. The van der Waals surface area contributed by atoms with Crippen LogP contribution in [0.5, 0.6) is 11.5 Å². The van der Waals surface area contributed by atoms with E-state index in [2.05, 4.69) is 17.1 Å². The Hall–Kier alpha value is -0.390. The van der Waals surface area contributed by atoms with E-state index in [9.17, 15) is 5.11 Å². The van der Waals surface area contributed by atoms with Gasteiger partial charge in [-0.25, -0.2) is 0 Å². The van der Waals surface area contributed by atoms with Crippen LogP contribution in [-0.4, -0.2) is 43.3 Å². The van der Waals surface area contributed by atoms with E-state index in [0.29, 0.717) is 10.8 Å². The average molecular weight is 344 g/mol. The highest BCUT2D eigenvalue weighted by Gasteiger charge is 2.20. The van der Waals surface area contributed by atoms with Crippen LogP contribution in [0.1, 0.15) is 18.5 Å². The van der Waals surface area contributed by atoms with Gasteiger partial charge < -0.3 is 15.2 Å². The van der Waals surface area contributed by atoms with Crippen LogP contribution in [0.25, 0.3) is 0 Å².